The van der Waals surface area contributed by atoms with Gasteiger partial charge in [-0.15, -0.1) is 0 Å². The first-order valence-electron chi connectivity index (χ1n) is 8.81. The molecule has 6 nitrogen and oxygen atoms in total. The number of anilines is 1. The maximum Gasteiger partial charge on any atom is 0.339 e. The van der Waals surface area contributed by atoms with Crippen LogP contribution in [0.3, 0.4) is 0 Å². The minimum Gasteiger partial charge on any atom is -0.492 e. The molecule has 4 N–H and O–H groups in total. The van der Waals surface area contributed by atoms with Gasteiger partial charge in [0.05, 0.1) is 28.9 Å². The van der Waals surface area contributed by atoms with Gasteiger partial charge in [-0.05, 0) is 56.8 Å². The number of carboxylic acid groups (broad SMARTS) is 1. The fourth-order valence-corrected chi connectivity index (χ4v) is 3.49. The van der Waals surface area contributed by atoms with Gasteiger partial charge < -0.3 is 20.9 Å². The van der Waals surface area contributed by atoms with Crippen molar-refractivity contribution in [1.82, 2.24) is 10.3 Å². The predicted octanol–water partition coefficient (Wildman–Crippen LogP) is 2.76. The second kappa shape index (κ2) is 7.27. The number of piperidine rings is 1. The number of ether oxygens (including phenoxy) is 1. The van der Waals surface area contributed by atoms with Gasteiger partial charge >= 0.3 is 5.97 Å². The molecule has 2 heterocycles. The fraction of sp³-hybridized carbons (Fsp3) is 0.474. The molecule has 1 aliphatic rings. The number of carboxylic acids is 1. The summed E-state index contributed by atoms with van der Waals surface area (Å²) in [5.41, 5.74) is 8.67. The van der Waals surface area contributed by atoms with Gasteiger partial charge in [0, 0.05) is 0 Å². The number of pyridine rings is 1. The molecule has 0 unspecified atom stereocenters. The maximum absolute atomic E-state index is 11.6. The highest BCUT2D eigenvalue weighted by atomic mass is 16.5. The molecule has 1 aliphatic heterocycles. The van der Waals surface area contributed by atoms with Crippen LogP contribution in [0.2, 0.25) is 0 Å². The van der Waals surface area contributed by atoms with Crippen molar-refractivity contribution < 1.29 is 14.6 Å². The van der Waals surface area contributed by atoms with E-state index in [1.54, 1.807) is 6.92 Å². The van der Waals surface area contributed by atoms with Crippen molar-refractivity contribution in [2.45, 2.75) is 33.1 Å². The molecule has 0 bridgehead atoms. The lowest BCUT2D eigenvalue weighted by Gasteiger charge is -2.24. The Hall–Kier alpha value is -2.34. The smallest absolute Gasteiger partial charge is 0.339 e. The summed E-state index contributed by atoms with van der Waals surface area (Å²) in [5, 5.41) is 13.5. The molecule has 2 aromatic rings. The van der Waals surface area contributed by atoms with Crippen LogP contribution in [-0.2, 0) is 6.42 Å². The third-order valence-corrected chi connectivity index (χ3v) is 4.92. The molecule has 0 radical (unpaired) electrons. The van der Waals surface area contributed by atoms with Crippen molar-refractivity contribution in [2.24, 2.45) is 5.92 Å². The average molecular weight is 343 g/mol. The summed E-state index contributed by atoms with van der Waals surface area (Å²) in [7, 11) is 0. The predicted molar refractivity (Wildman–Crippen MR) is 98.3 cm³/mol. The largest absolute Gasteiger partial charge is 0.492 e. The van der Waals surface area contributed by atoms with Gasteiger partial charge in [-0.3, -0.25) is 4.98 Å². The standard InChI is InChI=1S/C19H25N3O3/c1-3-13-4-5-14-16(17(20)15(19(23)24)11(2)22-14)18(13)25-10-12-6-8-21-9-7-12/h4-5,12,21H,3,6-10H2,1-2H3,(H2,20,22)(H,23,24). The lowest BCUT2D eigenvalue weighted by molar-refractivity contribution is 0.0697. The number of nitrogens with two attached hydrogens (primary N) is 1. The van der Waals surface area contributed by atoms with Crippen LogP contribution in [0.1, 0.15) is 41.4 Å². The minimum absolute atomic E-state index is 0.0625. The zero-order chi connectivity index (χ0) is 18.0. The number of rotatable bonds is 5. The third kappa shape index (κ3) is 3.39. The van der Waals surface area contributed by atoms with Crippen LogP contribution in [0.4, 0.5) is 5.69 Å². The number of nitrogens with one attached hydrogen (secondary N) is 1. The molecule has 1 aromatic heterocycles. The first-order valence-corrected chi connectivity index (χ1v) is 8.81. The van der Waals surface area contributed by atoms with Crippen molar-refractivity contribution in [3.8, 4) is 5.75 Å². The first kappa shape index (κ1) is 17.5. The van der Waals surface area contributed by atoms with E-state index in [1.807, 2.05) is 12.1 Å². The monoisotopic (exact) mass is 343 g/mol. The lowest BCUT2D eigenvalue weighted by Crippen LogP contribution is -2.30. The third-order valence-electron chi connectivity index (χ3n) is 4.92. The molecule has 0 spiro atoms. The highest BCUT2D eigenvalue weighted by Crippen LogP contribution is 2.37. The summed E-state index contributed by atoms with van der Waals surface area (Å²) in [6, 6.07) is 3.88. The molecule has 134 valence electrons. The Bertz CT molecular complexity index is 798. The number of hydrogen-bond donors (Lipinski definition) is 3. The molecule has 25 heavy (non-hydrogen) atoms. The zero-order valence-electron chi connectivity index (χ0n) is 14.8. The van der Waals surface area contributed by atoms with Crippen molar-refractivity contribution in [3.63, 3.8) is 0 Å². The van der Waals surface area contributed by atoms with E-state index in [0.29, 0.717) is 34.9 Å². The van der Waals surface area contributed by atoms with Gasteiger partial charge in [0.1, 0.15) is 11.3 Å². The van der Waals surface area contributed by atoms with E-state index in [2.05, 4.69) is 17.2 Å². The number of aromatic nitrogens is 1. The normalized spacial score (nSPS) is 15.4. The zero-order valence-corrected chi connectivity index (χ0v) is 14.8. The number of carbonyl (C=O) groups is 1. The van der Waals surface area contributed by atoms with Crippen LogP contribution in [-0.4, -0.2) is 35.8 Å². The summed E-state index contributed by atoms with van der Waals surface area (Å²) in [5.74, 6) is 0.126. The SMILES string of the molecule is CCc1ccc2nc(C)c(C(=O)O)c(N)c2c1OCC1CCNCC1. The molecule has 0 amide bonds. The summed E-state index contributed by atoms with van der Waals surface area (Å²) >= 11 is 0. The second-order valence-corrected chi connectivity index (χ2v) is 6.60. The van der Waals surface area contributed by atoms with Gasteiger partial charge in [-0.2, -0.15) is 0 Å². The Morgan fingerprint density at radius 3 is 2.76 bits per heavy atom. The van der Waals surface area contributed by atoms with Crippen molar-refractivity contribution in [3.05, 3.63) is 29.0 Å². The Morgan fingerprint density at radius 2 is 2.12 bits per heavy atom. The molecular weight excluding hydrogens is 318 g/mol. The van der Waals surface area contributed by atoms with E-state index in [1.165, 1.54) is 0 Å². The van der Waals surface area contributed by atoms with Crippen LogP contribution >= 0.6 is 0 Å². The molecule has 1 fully saturated rings. The summed E-state index contributed by atoms with van der Waals surface area (Å²) in [4.78, 5) is 16.0. The molecule has 1 saturated heterocycles. The highest BCUT2D eigenvalue weighted by molar-refractivity contribution is 6.07. The van der Waals surface area contributed by atoms with Gasteiger partial charge in [0.2, 0.25) is 0 Å². The number of aromatic carboxylic acids is 1. The Morgan fingerprint density at radius 1 is 1.40 bits per heavy atom. The van der Waals surface area contributed by atoms with Crippen molar-refractivity contribution in [1.29, 1.82) is 0 Å². The molecule has 1 aromatic carbocycles. The molecule has 0 aliphatic carbocycles. The number of nitrogen functional groups attached to an aromatic ring is 1. The van der Waals surface area contributed by atoms with Gasteiger partial charge in [0.25, 0.3) is 0 Å². The molecule has 0 atom stereocenters. The lowest BCUT2D eigenvalue weighted by atomic mass is 9.98. The van der Waals surface area contributed by atoms with Crippen LogP contribution in [0, 0.1) is 12.8 Å². The average Bonchev–Trinajstić information content (AvgIpc) is 2.60. The van der Waals surface area contributed by atoms with E-state index in [4.69, 9.17) is 10.5 Å². The Labute approximate surface area is 147 Å². The number of hydrogen-bond acceptors (Lipinski definition) is 5. The van der Waals surface area contributed by atoms with E-state index in [-0.39, 0.29) is 11.3 Å². The van der Waals surface area contributed by atoms with Crippen LogP contribution in [0.5, 0.6) is 5.75 Å². The van der Waals surface area contributed by atoms with E-state index in [9.17, 15) is 9.90 Å². The molecule has 3 rings (SSSR count). The van der Waals surface area contributed by atoms with Crippen molar-refractivity contribution in [2.75, 3.05) is 25.4 Å². The van der Waals surface area contributed by atoms with E-state index in [0.717, 1.165) is 37.9 Å². The Balaban J connectivity index is 2.07. The van der Waals surface area contributed by atoms with Gasteiger partial charge in [-0.1, -0.05) is 13.0 Å². The van der Waals surface area contributed by atoms with E-state index < -0.39 is 5.97 Å². The minimum atomic E-state index is -1.06. The highest BCUT2D eigenvalue weighted by Gasteiger charge is 2.22. The summed E-state index contributed by atoms with van der Waals surface area (Å²) in [6.07, 6.45) is 2.95. The number of aryl methyl sites for hydroxylation is 2. The fourth-order valence-electron chi connectivity index (χ4n) is 3.49. The quantitative estimate of drug-likeness (QED) is 0.772. The second-order valence-electron chi connectivity index (χ2n) is 6.60. The first-order chi connectivity index (χ1) is 12.0. The number of fused-ring (bicyclic) bond motifs is 1. The summed E-state index contributed by atoms with van der Waals surface area (Å²) in [6.45, 7) is 6.35. The van der Waals surface area contributed by atoms with Gasteiger partial charge in [0.15, 0.2) is 0 Å². The van der Waals surface area contributed by atoms with Crippen LogP contribution < -0.4 is 15.8 Å². The maximum atomic E-state index is 11.6. The van der Waals surface area contributed by atoms with Crippen LogP contribution in [0.25, 0.3) is 10.9 Å². The number of benzene rings is 1. The molecular formula is C19H25N3O3. The number of nitrogens with zero attached hydrogens (tertiary/aromatic N) is 1. The van der Waals surface area contributed by atoms with E-state index >= 15 is 0 Å². The Kier molecular flexibility index (Phi) is 5.08. The van der Waals surface area contributed by atoms with Crippen LogP contribution in [0.15, 0.2) is 12.1 Å². The summed E-state index contributed by atoms with van der Waals surface area (Å²) < 4.78 is 6.20. The topological polar surface area (TPSA) is 97.5 Å². The van der Waals surface area contributed by atoms with Crippen molar-refractivity contribution >= 4 is 22.6 Å². The molecule has 0 saturated carbocycles. The van der Waals surface area contributed by atoms with Gasteiger partial charge in [-0.25, -0.2) is 4.79 Å². The molecule has 6 heteroatoms.